The summed E-state index contributed by atoms with van der Waals surface area (Å²) in [4.78, 5) is 0. The Kier molecular flexibility index (Phi) is 4.54. The van der Waals surface area contributed by atoms with Gasteiger partial charge >= 0.3 is 0 Å². The van der Waals surface area contributed by atoms with Crippen LogP contribution in [0.25, 0.3) is 0 Å². The Balaban J connectivity index is 1.97. The molecule has 0 radical (unpaired) electrons. The van der Waals surface area contributed by atoms with E-state index in [0.29, 0.717) is 0 Å². The Hall–Kier alpha value is 0.790. The molecular formula is CH4BrNS. The first-order chi connectivity index (χ1) is 1.91. The minimum absolute atomic E-state index is 0.826. The van der Waals surface area contributed by atoms with Gasteiger partial charge in [0.2, 0.25) is 0 Å². The van der Waals surface area contributed by atoms with Crippen LogP contribution in [-0.4, -0.2) is 4.66 Å². The SMILES string of the molecule is NSCBr. The summed E-state index contributed by atoms with van der Waals surface area (Å²) < 4.78 is 0.826. The molecule has 0 unspecified atom stereocenters. The van der Waals surface area contributed by atoms with Crippen molar-refractivity contribution in [2.24, 2.45) is 5.14 Å². The molecule has 0 spiro atoms. The van der Waals surface area contributed by atoms with Gasteiger partial charge in [0.25, 0.3) is 0 Å². The number of halogens is 1. The van der Waals surface area contributed by atoms with Gasteiger partial charge in [-0.25, -0.2) is 0 Å². The van der Waals surface area contributed by atoms with Crippen molar-refractivity contribution in [1.82, 2.24) is 0 Å². The van der Waals surface area contributed by atoms with Crippen LogP contribution in [0.15, 0.2) is 0 Å². The van der Waals surface area contributed by atoms with Gasteiger partial charge in [-0.05, 0) is 0 Å². The molecule has 1 nitrogen and oxygen atoms in total. The molecule has 0 aliphatic carbocycles. The Morgan fingerprint density at radius 1 is 2.00 bits per heavy atom. The Bertz CT molecular complexity index is 10.0. The van der Waals surface area contributed by atoms with Crippen molar-refractivity contribution in [3.05, 3.63) is 0 Å². The fourth-order valence-corrected chi connectivity index (χ4v) is 0. The fraction of sp³-hybridized carbons (Fsp3) is 1.00. The van der Waals surface area contributed by atoms with Crippen LogP contribution in [0.2, 0.25) is 0 Å². The predicted molar refractivity (Wildman–Crippen MR) is 25.6 cm³/mol. The molecule has 3 heteroatoms. The van der Waals surface area contributed by atoms with E-state index in [-0.39, 0.29) is 0 Å². The van der Waals surface area contributed by atoms with E-state index in [2.05, 4.69) is 15.9 Å². The van der Waals surface area contributed by atoms with Crippen molar-refractivity contribution in [2.45, 2.75) is 0 Å². The van der Waals surface area contributed by atoms with Gasteiger partial charge in [0.05, 0.1) is 4.66 Å². The van der Waals surface area contributed by atoms with Gasteiger partial charge in [-0.15, -0.1) is 0 Å². The van der Waals surface area contributed by atoms with E-state index in [0.717, 1.165) is 4.66 Å². The van der Waals surface area contributed by atoms with Crippen LogP contribution < -0.4 is 5.14 Å². The second-order valence-electron chi connectivity index (χ2n) is 0.276. The smallest absolute Gasteiger partial charge is 0.0633 e. The molecule has 0 bridgehead atoms. The van der Waals surface area contributed by atoms with Crippen molar-refractivity contribution >= 4 is 27.9 Å². The monoisotopic (exact) mass is 141 g/mol. The number of alkyl halides is 1. The summed E-state index contributed by atoms with van der Waals surface area (Å²) in [5.41, 5.74) is 0. The predicted octanol–water partition coefficient (Wildman–Crippen LogP) is 0.946. The van der Waals surface area contributed by atoms with Crippen LogP contribution in [0, 0.1) is 0 Å². The summed E-state index contributed by atoms with van der Waals surface area (Å²) in [5.74, 6) is 0. The summed E-state index contributed by atoms with van der Waals surface area (Å²) in [6.07, 6.45) is 0. The molecule has 2 N–H and O–H groups in total. The zero-order valence-electron chi connectivity index (χ0n) is 2.07. The second-order valence-corrected chi connectivity index (χ2v) is 2.20. The zero-order chi connectivity index (χ0) is 3.41. The molecule has 0 aliphatic heterocycles. The molecule has 4 heavy (non-hydrogen) atoms. The van der Waals surface area contributed by atoms with Crippen LogP contribution in [0.4, 0.5) is 0 Å². The fourth-order valence-electron chi connectivity index (χ4n) is 0. The molecular weight excluding hydrogens is 138 g/mol. The Morgan fingerprint density at radius 2 is 2.25 bits per heavy atom. The number of rotatable bonds is 1. The van der Waals surface area contributed by atoms with Gasteiger partial charge in [-0.1, -0.05) is 27.9 Å². The first-order valence-corrected chi connectivity index (χ1v) is 2.96. The molecule has 26 valence electrons. The molecule has 0 aromatic rings. The van der Waals surface area contributed by atoms with Crippen LogP contribution in [0.5, 0.6) is 0 Å². The molecule has 0 fully saturated rings. The van der Waals surface area contributed by atoms with Gasteiger partial charge in [0.1, 0.15) is 0 Å². The molecule has 0 saturated carbocycles. The maximum atomic E-state index is 4.90. The number of nitrogens with two attached hydrogens (primary N) is 1. The normalized spacial score (nSPS) is 7.50. The highest BCUT2D eigenvalue weighted by Crippen LogP contribution is 1.88. The lowest BCUT2D eigenvalue weighted by atomic mass is 11.9. The van der Waals surface area contributed by atoms with Crippen LogP contribution in [0.3, 0.4) is 0 Å². The van der Waals surface area contributed by atoms with E-state index >= 15 is 0 Å². The summed E-state index contributed by atoms with van der Waals surface area (Å²) in [7, 11) is 0. The molecule has 0 atom stereocenters. The van der Waals surface area contributed by atoms with E-state index in [4.69, 9.17) is 5.14 Å². The van der Waals surface area contributed by atoms with E-state index in [1.807, 2.05) is 0 Å². The Labute approximate surface area is 38.2 Å². The molecule has 0 aliphatic rings. The Morgan fingerprint density at radius 3 is 2.25 bits per heavy atom. The molecule has 0 aromatic carbocycles. The summed E-state index contributed by atoms with van der Waals surface area (Å²) >= 11 is 4.36. The number of hydrogen-bond acceptors (Lipinski definition) is 2. The van der Waals surface area contributed by atoms with E-state index in [1.54, 1.807) is 0 Å². The molecule has 0 aromatic heterocycles. The largest absolute Gasteiger partial charge is 0.277 e. The van der Waals surface area contributed by atoms with Crippen LogP contribution in [0.1, 0.15) is 0 Å². The van der Waals surface area contributed by atoms with Crippen molar-refractivity contribution < 1.29 is 0 Å². The third-order valence-corrected chi connectivity index (χ3v) is 0.982. The highest BCUT2D eigenvalue weighted by atomic mass is 79.9. The standard InChI is InChI=1S/CH4BrNS/c2-1-4-3/h1,3H2. The summed E-state index contributed by atoms with van der Waals surface area (Å²) in [5, 5.41) is 4.90. The lowest BCUT2D eigenvalue weighted by Gasteiger charge is -1.68. The van der Waals surface area contributed by atoms with Gasteiger partial charge in [-0.3, -0.25) is 5.14 Å². The van der Waals surface area contributed by atoms with Crippen molar-refractivity contribution in [3.8, 4) is 0 Å². The minimum atomic E-state index is 0.826. The van der Waals surface area contributed by atoms with Crippen molar-refractivity contribution in [2.75, 3.05) is 4.66 Å². The lowest BCUT2D eigenvalue weighted by Crippen LogP contribution is -1.71. The lowest BCUT2D eigenvalue weighted by molar-refractivity contribution is 2.01. The average molecular weight is 142 g/mol. The maximum Gasteiger partial charge on any atom is 0.0633 e. The van der Waals surface area contributed by atoms with Crippen molar-refractivity contribution in [1.29, 1.82) is 0 Å². The second kappa shape index (κ2) is 3.79. The first kappa shape index (κ1) is 4.79. The molecule has 0 saturated heterocycles. The minimum Gasteiger partial charge on any atom is -0.277 e. The van der Waals surface area contributed by atoms with E-state index < -0.39 is 0 Å². The number of hydrogen-bond donors (Lipinski definition) is 1. The van der Waals surface area contributed by atoms with Crippen molar-refractivity contribution in [3.63, 3.8) is 0 Å². The van der Waals surface area contributed by atoms with Gasteiger partial charge in [-0.2, -0.15) is 0 Å². The van der Waals surface area contributed by atoms with Crippen LogP contribution >= 0.6 is 27.9 Å². The molecule has 0 heterocycles. The summed E-state index contributed by atoms with van der Waals surface area (Å²) in [6.45, 7) is 0. The average Bonchev–Trinajstić information content (AvgIpc) is 1.37. The molecule has 0 rings (SSSR count). The van der Waals surface area contributed by atoms with Gasteiger partial charge < -0.3 is 0 Å². The third kappa shape index (κ3) is 2.79. The highest BCUT2D eigenvalue weighted by Gasteiger charge is 1.57. The zero-order valence-corrected chi connectivity index (χ0v) is 4.47. The maximum absolute atomic E-state index is 4.90. The topological polar surface area (TPSA) is 26.0 Å². The first-order valence-electron chi connectivity index (χ1n) is 0.792. The van der Waals surface area contributed by atoms with Crippen LogP contribution in [-0.2, 0) is 0 Å². The summed E-state index contributed by atoms with van der Waals surface area (Å²) in [6, 6.07) is 0. The highest BCUT2D eigenvalue weighted by molar-refractivity contribution is 9.11. The van der Waals surface area contributed by atoms with E-state index in [1.165, 1.54) is 11.9 Å². The van der Waals surface area contributed by atoms with Gasteiger partial charge in [0, 0.05) is 0 Å². The van der Waals surface area contributed by atoms with E-state index in [9.17, 15) is 0 Å². The third-order valence-electron chi connectivity index (χ3n) is 0.0630. The molecule has 0 amide bonds. The van der Waals surface area contributed by atoms with Gasteiger partial charge in [0.15, 0.2) is 0 Å². The quantitative estimate of drug-likeness (QED) is 0.435.